The van der Waals surface area contributed by atoms with Gasteiger partial charge in [0.05, 0.1) is 22.1 Å². The van der Waals surface area contributed by atoms with Crippen molar-refractivity contribution in [3.63, 3.8) is 0 Å². The van der Waals surface area contributed by atoms with Crippen LogP contribution >= 0.6 is 0 Å². The number of hydrogen-bond acceptors (Lipinski definition) is 4. The third kappa shape index (κ3) is 5.76. The predicted molar refractivity (Wildman–Crippen MR) is 159 cm³/mol. The fourth-order valence-corrected chi connectivity index (χ4v) is 4.62. The lowest BCUT2D eigenvalue weighted by Gasteiger charge is -2.07. The van der Waals surface area contributed by atoms with Crippen LogP contribution < -0.4 is 10.6 Å². The third-order valence-corrected chi connectivity index (χ3v) is 6.72. The number of para-hydroxylation sites is 4. The number of H-pyrrole nitrogens is 2. The van der Waals surface area contributed by atoms with Crippen molar-refractivity contribution in [3.8, 4) is 22.8 Å². The number of aromatic amines is 2. The summed E-state index contributed by atoms with van der Waals surface area (Å²) in [6.45, 7) is 0. The summed E-state index contributed by atoms with van der Waals surface area (Å²) in [5.74, 6) is 1.44. The van der Waals surface area contributed by atoms with E-state index in [4.69, 9.17) is 0 Å². The minimum atomic E-state index is -0.0712. The zero-order valence-electron chi connectivity index (χ0n) is 21.8. The summed E-state index contributed by atoms with van der Waals surface area (Å²) >= 11 is 0. The SMILES string of the molecule is O=C(CCCCC(=O)Nc1ccc(-c2nc3ccccc3[nH]2)cc1)Nc1ccc(-c2nc3ccccc3[nH]2)cc1. The lowest BCUT2D eigenvalue weighted by atomic mass is 10.1. The van der Waals surface area contributed by atoms with Gasteiger partial charge in [-0.15, -0.1) is 0 Å². The van der Waals surface area contributed by atoms with E-state index in [-0.39, 0.29) is 11.8 Å². The molecule has 0 spiro atoms. The maximum atomic E-state index is 12.4. The summed E-state index contributed by atoms with van der Waals surface area (Å²) in [6.07, 6.45) is 1.96. The van der Waals surface area contributed by atoms with E-state index in [0.29, 0.717) is 25.7 Å². The smallest absolute Gasteiger partial charge is 0.224 e. The van der Waals surface area contributed by atoms with Crippen molar-refractivity contribution in [2.75, 3.05) is 10.6 Å². The molecule has 4 aromatic carbocycles. The predicted octanol–water partition coefficient (Wildman–Crippen LogP) is 6.91. The van der Waals surface area contributed by atoms with Crippen LogP contribution in [0.3, 0.4) is 0 Å². The summed E-state index contributed by atoms with van der Waals surface area (Å²) in [7, 11) is 0. The van der Waals surface area contributed by atoms with Gasteiger partial charge in [0.15, 0.2) is 0 Å². The Balaban J connectivity index is 0.929. The Kier molecular flexibility index (Phi) is 7.05. The molecule has 8 nitrogen and oxygen atoms in total. The molecule has 0 radical (unpaired) electrons. The number of benzene rings is 4. The molecule has 4 N–H and O–H groups in total. The van der Waals surface area contributed by atoms with Crippen LogP contribution in [-0.2, 0) is 9.59 Å². The quantitative estimate of drug-likeness (QED) is 0.153. The van der Waals surface area contributed by atoms with E-state index in [1.807, 2.05) is 97.1 Å². The Morgan fingerprint density at radius 3 is 1.35 bits per heavy atom. The molecular formula is C32H28N6O2. The van der Waals surface area contributed by atoms with E-state index in [0.717, 1.165) is 56.2 Å². The van der Waals surface area contributed by atoms with Crippen LogP contribution in [0.2, 0.25) is 0 Å². The molecule has 0 aliphatic carbocycles. The zero-order chi connectivity index (χ0) is 27.3. The Labute approximate surface area is 230 Å². The molecule has 6 rings (SSSR count). The average molecular weight is 529 g/mol. The standard InChI is InChI=1S/C32H28N6O2/c39-29(33-23-17-13-21(14-18-23)31-35-25-7-1-2-8-26(25)36-31)11-5-6-12-30(40)34-24-19-15-22(16-20-24)32-37-27-9-3-4-10-28(27)38-32/h1-4,7-10,13-20H,5-6,11-12H2,(H,33,39)(H,34,40)(H,35,36)(H,37,38). The highest BCUT2D eigenvalue weighted by molar-refractivity contribution is 5.92. The first-order valence-corrected chi connectivity index (χ1v) is 13.3. The van der Waals surface area contributed by atoms with Gasteiger partial charge in [-0.3, -0.25) is 9.59 Å². The number of amides is 2. The van der Waals surface area contributed by atoms with Gasteiger partial charge in [-0.1, -0.05) is 24.3 Å². The molecular weight excluding hydrogens is 500 g/mol. The van der Waals surface area contributed by atoms with Crippen LogP contribution in [0, 0.1) is 0 Å². The molecule has 2 heterocycles. The lowest BCUT2D eigenvalue weighted by molar-refractivity contribution is -0.118. The monoisotopic (exact) mass is 528 g/mol. The summed E-state index contributed by atoms with van der Waals surface area (Å²) in [5.41, 5.74) is 7.16. The minimum Gasteiger partial charge on any atom is -0.338 e. The van der Waals surface area contributed by atoms with Crippen molar-refractivity contribution in [3.05, 3.63) is 97.1 Å². The molecule has 0 bridgehead atoms. The van der Waals surface area contributed by atoms with Gasteiger partial charge < -0.3 is 20.6 Å². The number of fused-ring (bicyclic) bond motifs is 2. The molecule has 0 saturated heterocycles. The molecule has 0 atom stereocenters. The highest BCUT2D eigenvalue weighted by Gasteiger charge is 2.09. The van der Waals surface area contributed by atoms with Gasteiger partial charge in [-0.25, -0.2) is 9.97 Å². The van der Waals surface area contributed by atoms with Crippen LogP contribution in [0.15, 0.2) is 97.1 Å². The summed E-state index contributed by atoms with van der Waals surface area (Å²) in [4.78, 5) is 40.6. The van der Waals surface area contributed by atoms with Crippen LogP contribution in [0.4, 0.5) is 11.4 Å². The van der Waals surface area contributed by atoms with Gasteiger partial charge in [0.2, 0.25) is 11.8 Å². The zero-order valence-corrected chi connectivity index (χ0v) is 21.8. The van der Waals surface area contributed by atoms with Crippen LogP contribution in [0.5, 0.6) is 0 Å². The molecule has 198 valence electrons. The maximum absolute atomic E-state index is 12.4. The van der Waals surface area contributed by atoms with Gasteiger partial charge in [0.25, 0.3) is 0 Å². The number of nitrogens with one attached hydrogen (secondary N) is 4. The summed E-state index contributed by atoms with van der Waals surface area (Å²) in [6, 6.07) is 31.0. The van der Waals surface area contributed by atoms with Crippen molar-refractivity contribution in [2.45, 2.75) is 25.7 Å². The van der Waals surface area contributed by atoms with Crippen molar-refractivity contribution in [2.24, 2.45) is 0 Å². The Morgan fingerprint density at radius 2 is 0.950 bits per heavy atom. The highest BCUT2D eigenvalue weighted by Crippen LogP contribution is 2.23. The maximum Gasteiger partial charge on any atom is 0.224 e. The van der Waals surface area contributed by atoms with E-state index in [1.54, 1.807) is 0 Å². The second-order valence-corrected chi connectivity index (χ2v) is 9.66. The first-order valence-electron chi connectivity index (χ1n) is 13.3. The van der Waals surface area contributed by atoms with Crippen molar-refractivity contribution in [1.82, 2.24) is 19.9 Å². The molecule has 0 aliphatic heterocycles. The van der Waals surface area contributed by atoms with E-state index >= 15 is 0 Å². The number of carbonyl (C=O) groups is 2. The Morgan fingerprint density at radius 1 is 0.550 bits per heavy atom. The molecule has 0 saturated carbocycles. The molecule has 0 unspecified atom stereocenters. The first-order chi connectivity index (χ1) is 19.6. The Hall–Kier alpha value is -5.24. The van der Waals surface area contributed by atoms with E-state index < -0.39 is 0 Å². The number of hydrogen-bond donors (Lipinski definition) is 4. The number of nitrogens with zero attached hydrogens (tertiary/aromatic N) is 2. The van der Waals surface area contributed by atoms with E-state index in [1.165, 1.54) is 0 Å². The van der Waals surface area contributed by atoms with Gasteiger partial charge in [0.1, 0.15) is 11.6 Å². The summed E-state index contributed by atoms with van der Waals surface area (Å²) in [5, 5.41) is 5.85. The van der Waals surface area contributed by atoms with Gasteiger partial charge in [-0.05, 0) is 85.6 Å². The van der Waals surface area contributed by atoms with Crippen LogP contribution in [0.1, 0.15) is 25.7 Å². The van der Waals surface area contributed by atoms with Crippen molar-refractivity contribution >= 4 is 45.3 Å². The third-order valence-electron chi connectivity index (χ3n) is 6.72. The lowest BCUT2D eigenvalue weighted by Crippen LogP contribution is -2.13. The van der Waals surface area contributed by atoms with Crippen molar-refractivity contribution in [1.29, 1.82) is 0 Å². The number of anilines is 2. The van der Waals surface area contributed by atoms with Gasteiger partial charge in [-0.2, -0.15) is 0 Å². The second-order valence-electron chi connectivity index (χ2n) is 9.66. The minimum absolute atomic E-state index is 0.0712. The van der Waals surface area contributed by atoms with Gasteiger partial charge >= 0.3 is 0 Å². The first kappa shape index (κ1) is 25.1. The number of imidazole rings is 2. The fraction of sp³-hybridized carbons (Fsp3) is 0.125. The molecule has 40 heavy (non-hydrogen) atoms. The topological polar surface area (TPSA) is 116 Å². The molecule has 0 fully saturated rings. The normalized spacial score (nSPS) is 11.1. The van der Waals surface area contributed by atoms with Gasteiger partial charge in [0, 0.05) is 35.3 Å². The van der Waals surface area contributed by atoms with E-state index in [9.17, 15) is 9.59 Å². The van der Waals surface area contributed by atoms with Crippen molar-refractivity contribution < 1.29 is 9.59 Å². The second kappa shape index (κ2) is 11.2. The molecule has 0 aliphatic rings. The van der Waals surface area contributed by atoms with Crippen LogP contribution in [-0.4, -0.2) is 31.8 Å². The van der Waals surface area contributed by atoms with Crippen LogP contribution in [0.25, 0.3) is 44.8 Å². The molecule has 6 aromatic rings. The molecule has 2 aromatic heterocycles. The molecule has 2 amide bonds. The number of aromatic nitrogens is 4. The largest absolute Gasteiger partial charge is 0.338 e. The fourth-order valence-electron chi connectivity index (χ4n) is 4.62. The summed E-state index contributed by atoms with van der Waals surface area (Å²) < 4.78 is 0. The number of unbranched alkanes of at least 4 members (excludes halogenated alkanes) is 1. The highest BCUT2D eigenvalue weighted by atomic mass is 16.2. The number of rotatable bonds is 9. The van der Waals surface area contributed by atoms with E-state index in [2.05, 4.69) is 30.6 Å². The Bertz CT molecular complexity index is 1580. The number of carbonyl (C=O) groups excluding carboxylic acids is 2. The molecule has 8 heteroatoms. The average Bonchev–Trinajstić information content (AvgIpc) is 3.61.